The minimum absolute atomic E-state index is 0. The van der Waals surface area contributed by atoms with Gasteiger partial charge in [0, 0.05) is 17.1 Å². The van der Waals surface area contributed by atoms with E-state index in [-0.39, 0.29) is 23.0 Å². The number of aromatic nitrogens is 2. The van der Waals surface area contributed by atoms with Crippen LogP contribution in [-0.4, -0.2) is 33.6 Å². The Kier molecular flexibility index (Phi) is 7.91. The molecule has 2 N–H and O–H groups in total. The lowest BCUT2D eigenvalue weighted by molar-refractivity contribution is -0.384. The van der Waals surface area contributed by atoms with Crippen molar-refractivity contribution in [3.8, 4) is 0 Å². The highest BCUT2D eigenvalue weighted by molar-refractivity contribution is 9.13. The zero-order valence-corrected chi connectivity index (χ0v) is 19.3. The first kappa shape index (κ1) is 22.4. The third kappa shape index (κ3) is 4.93. The molecule has 0 amide bonds. The van der Waals surface area contributed by atoms with Crippen molar-refractivity contribution in [3.63, 3.8) is 0 Å². The summed E-state index contributed by atoms with van der Waals surface area (Å²) in [6.07, 6.45) is 3.19. The maximum Gasteiger partial charge on any atom is 0.312 e. The van der Waals surface area contributed by atoms with Crippen LogP contribution in [0, 0.1) is 16.0 Å². The summed E-state index contributed by atoms with van der Waals surface area (Å²) in [7, 11) is 0. The lowest BCUT2D eigenvalue weighted by Gasteiger charge is -2.19. The summed E-state index contributed by atoms with van der Waals surface area (Å²) in [5.41, 5.74) is 1.19. The summed E-state index contributed by atoms with van der Waals surface area (Å²) in [6, 6.07) is 2.22. The Balaban J connectivity index is 0.00000261. The Bertz CT molecular complexity index is 819. The van der Waals surface area contributed by atoms with Crippen LogP contribution in [-0.2, 0) is 6.54 Å². The first-order valence-corrected chi connectivity index (χ1v) is 10.5. The van der Waals surface area contributed by atoms with Crippen LogP contribution in [0.15, 0.2) is 15.0 Å². The van der Waals surface area contributed by atoms with Crippen molar-refractivity contribution in [2.75, 3.05) is 18.4 Å². The molecule has 0 radical (unpaired) electrons. The minimum atomic E-state index is -0.372. The molecule has 1 fully saturated rings. The summed E-state index contributed by atoms with van der Waals surface area (Å²) in [5, 5.41) is 18.6. The Morgan fingerprint density at radius 1 is 1.41 bits per heavy atom. The number of nitrogens with zero attached hydrogens (tertiary/aromatic N) is 3. The molecule has 1 atom stereocenters. The SMILES string of the molecule is CC(C)Cn1c(NC2CCCNCC2)nc2c([N+](=O)[O-])c(Br)c(Br)cc21.Cl. The van der Waals surface area contributed by atoms with Gasteiger partial charge in [0.25, 0.3) is 0 Å². The third-order valence-corrected chi connectivity index (χ3v) is 6.51. The molecule has 10 heteroatoms. The van der Waals surface area contributed by atoms with Crippen molar-refractivity contribution in [2.45, 2.75) is 45.7 Å². The number of nitro benzene ring substituents is 1. The molecule has 7 nitrogen and oxygen atoms in total. The molecule has 0 spiro atoms. The largest absolute Gasteiger partial charge is 0.353 e. The van der Waals surface area contributed by atoms with Crippen molar-refractivity contribution in [1.29, 1.82) is 0 Å². The van der Waals surface area contributed by atoms with E-state index in [0.717, 1.165) is 44.4 Å². The molecule has 0 aliphatic carbocycles. The Morgan fingerprint density at radius 2 is 2.15 bits per heavy atom. The lowest BCUT2D eigenvalue weighted by Crippen LogP contribution is -2.24. The fourth-order valence-corrected chi connectivity index (χ4v) is 4.21. The van der Waals surface area contributed by atoms with Crippen molar-refractivity contribution >= 4 is 66.9 Å². The summed E-state index contributed by atoms with van der Waals surface area (Å²) >= 11 is 6.76. The maximum absolute atomic E-state index is 11.6. The van der Waals surface area contributed by atoms with Gasteiger partial charge in [0.2, 0.25) is 5.95 Å². The van der Waals surface area contributed by atoms with E-state index in [4.69, 9.17) is 0 Å². The van der Waals surface area contributed by atoms with E-state index in [1.807, 2.05) is 6.07 Å². The van der Waals surface area contributed by atoms with Crippen LogP contribution in [0.25, 0.3) is 11.0 Å². The van der Waals surface area contributed by atoms with Crippen molar-refractivity contribution in [2.24, 2.45) is 5.92 Å². The van der Waals surface area contributed by atoms with Gasteiger partial charge < -0.3 is 15.2 Å². The smallest absolute Gasteiger partial charge is 0.312 e. The van der Waals surface area contributed by atoms with Gasteiger partial charge in [-0.05, 0) is 76.2 Å². The number of imidazole rings is 1. The highest BCUT2D eigenvalue weighted by Crippen LogP contribution is 2.40. The van der Waals surface area contributed by atoms with E-state index >= 15 is 0 Å². The van der Waals surface area contributed by atoms with E-state index in [1.165, 1.54) is 0 Å². The number of anilines is 1. The van der Waals surface area contributed by atoms with Crippen LogP contribution in [0.5, 0.6) is 0 Å². The number of hydrogen-bond acceptors (Lipinski definition) is 5. The fourth-order valence-electron chi connectivity index (χ4n) is 3.36. The van der Waals surface area contributed by atoms with E-state index in [1.54, 1.807) is 0 Å². The first-order valence-electron chi connectivity index (χ1n) is 8.88. The van der Waals surface area contributed by atoms with Gasteiger partial charge in [-0.1, -0.05) is 13.8 Å². The fraction of sp³-hybridized carbons (Fsp3) is 0.588. The topological polar surface area (TPSA) is 85.0 Å². The van der Waals surface area contributed by atoms with Gasteiger partial charge in [-0.3, -0.25) is 10.1 Å². The average Bonchev–Trinajstić information content (AvgIpc) is 2.75. The Hall–Kier alpha value is -0.900. The number of halogens is 3. The molecule has 2 heterocycles. The lowest BCUT2D eigenvalue weighted by atomic mass is 10.1. The van der Waals surface area contributed by atoms with Crippen LogP contribution in [0.1, 0.15) is 33.1 Å². The van der Waals surface area contributed by atoms with E-state index < -0.39 is 0 Å². The van der Waals surface area contributed by atoms with Crippen molar-refractivity contribution in [3.05, 3.63) is 25.1 Å². The number of benzene rings is 1. The van der Waals surface area contributed by atoms with Crippen LogP contribution in [0.4, 0.5) is 11.6 Å². The predicted octanol–water partition coefficient (Wildman–Crippen LogP) is 5.10. The number of nitro groups is 1. The highest BCUT2D eigenvalue weighted by Gasteiger charge is 2.27. The molecule has 2 aromatic rings. The predicted molar refractivity (Wildman–Crippen MR) is 118 cm³/mol. The second-order valence-electron chi connectivity index (χ2n) is 7.11. The van der Waals surface area contributed by atoms with Gasteiger partial charge in [-0.15, -0.1) is 12.4 Å². The molecule has 1 saturated heterocycles. The highest BCUT2D eigenvalue weighted by atomic mass is 79.9. The zero-order chi connectivity index (χ0) is 18.8. The molecular weight excluding hydrogens is 501 g/mol. The molecule has 3 rings (SSSR count). The number of nitrogens with one attached hydrogen (secondary N) is 2. The number of rotatable bonds is 5. The molecule has 0 saturated carbocycles. The molecule has 1 aliphatic rings. The van der Waals surface area contributed by atoms with Gasteiger partial charge in [-0.2, -0.15) is 0 Å². The molecule has 27 heavy (non-hydrogen) atoms. The molecule has 1 aromatic heterocycles. The van der Waals surface area contributed by atoms with Crippen LogP contribution in [0.3, 0.4) is 0 Å². The van der Waals surface area contributed by atoms with Gasteiger partial charge >= 0.3 is 5.69 Å². The second-order valence-corrected chi connectivity index (χ2v) is 8.76. The molecule has 0 bridgehead atoms. The second kappa shape index (κ2) is 9.54. The number of fused-ring (bicyclic) bond motifs is 1. The van der Waals surface area contributed by atoms with E-state index in [9.17, 15) is 10.1 Å². The summed E-state index contributed by atoms with van der Waals surface area (Å²) < 4.78 is 3.16. The molecule has 1 aromatic carbocycles. The third-order valence-electron chi connectivity index (χ3n) is 4.55. The molecule has 1 aliphatic heterocycles. The van der Waals surface area contributed by atoms with Gasteiger partial charge in [0.15, 0.2) is 5.52 Å². The molecule has 150 valence electrons. The van der Waals surface area contributed by atoms with Gasteiger partial charge in [-0.25, -0.2) is 4.98 Å². The molecule has 1 unspecified atom stereocenters. The Labute approximate surface area is 181 Å². The van der Waals surface area contributed by atoms with Crippen molar-refractivity contribution in [1.82, 2.24) is 14.9 Å². The van der Waals surface area contributed by atoms with Gasteiger partial charge in [0.1, 0.15) is 4.47 Å². The minimum Gasteiger partial charge on any atom is -0.353 e. The normalized spacial score (nSPS) is 17.6. The quantitative estimate of drug-likeness (QED) is 0.419. The summed E-state index contributed by atoms with van der Waals surface area (Å²) in [6.45, 7) is 7.02. The monoisotopic (exact) mass is 523 g/mol. The van der Waals surface area contributed by atoms with E-state index in [2.05, 4.69) is 65.9 Å². The van der Waals surface area contributed by atoms with Crippen LogP contribution in [0.2, 0.25) is 0 Å². The zero-order valence-electron chi connectivity index (χ0n) is 15.3. The Morgan fingerprint density at radius 3 is 2.81 bits per heavy atom. The van der Waals surface area contributed by atoms with Crippen molar-refractivity contribution < 1.29 is 4.92 Å². The standard InChI is InChI=1S/C17H23Br2N5O2.ClH/c1-10(2)9-23-13-8-12(18)14(19)16(24(25)26)15(13)22-17(23)21-11-4-3-6-20-7-5-11;/h8,10-11,20H,3-7,9H2,1-2H3,(H,21,22);1H. The summed E-state index contributed by atoms with van der Waals surface area (Å²) in [4.78, 5) is 15.9. The van der Waals surface area contributed by atoms with Gasteiger partial charge in [0.05, 0.1) is 10.4 Å². The maximum atomic E-state index is 11.6. The average molecular weight is 526 g/mol. The van der Waals surface area contributed by atoms with Crippen LogP contribution >= 0.6 is 44.3 Å². The molecular formula is C17H24Br2ClN5O2. The number of hydrogen-bond donors (Lipinski definition) is 2. The first-order chi connectivity index (χ1) is 12.4. The van der Waals surface area contributed by atoms with E-state index in [0.29, 0.717) is 32.4 Å². The van der Waals surface area contributed by atoms with Crippen LogP contribution < -0.4 is 10.6 Å². The summed E-state index contributed by atoms with van der Waals surface area (Å²) in [5.74, 6) is 1.11.